The van der Waals surface area contributed by atoms with Crippen molar-refractivity contribution in [1.82, 2.24) is 0 Å². The Morgan fingerprint density at radius 1 is 1.21 bits per heavy atom. The zero-order valence-corrected chi connectivity index (χ0v) is 19.0. The number of esters is 2. The topological polar surface area (TPSA) is 81.7 Å². The predicted octanol–water partition coefficient (Wildman–Crippen LogP) is 4.56. The fraction of sp³-hybridized carbons (Fsp3) is 0.458. The van der Waals surface area contributed by atoms with Gasteiger partial charge in [-0.15, -0.1) is 5.92 Å². The van der Waals surface area contributed by atoms with Crippen LogP contribution in [0.1, 0.15) is 65.7 Å². The molecule has 1 N–H and O–H groups in total. The van der Waals surface area contributed by atoms with Crippen LogP contribution in [-0.4, -0.2) is 31.1 Å². The number of halogens is 3. The number of cyclic esters (lactones) is 1. The van der Waals surface area contributed by atoms with E-state index in [1.807, 2.05) is 12.2 Å². The van der Waals surface area contributed by atoms with Gasteiger partial charge in [-0.25, -0.2) is 4.79 Å². The van der Waals surface area contributed by atoms with E-state index >= 15 is 0 Å². The van der Waals surface area contributed by atoms with Crippen LogP contribution in [0.15, 0.2) is 11.6 Å². The molecule has 33 heavy (non-hydrogen) atoms. The van der Waals surface area contributed by atoms with E-state index < -0.39 is 18.1 Å². The smallest absolute Gasteiger partial charge is 0.469 e. The van der Waals surface area contributed by atoms with Crippen molar-refractivity contribution in [1.29, 1.82) is 0 Å². The summed E-state index contributed by atoms with van der Waals surface area (Å²) in [6, 6.07) is 0. The van der Waals surface area contributed by atoms with E-state index in [4.69, 9.17) is 4.74 Å². The number of rotatable bonds is 7. The van der Waals surface area contributed by atoms with Gasteiger partial charge in [-0.05, 0) is 43.4 Å². The van der Waals surface area contributed by atoms with Gasteiger partial charge < -0.3 is 14.8 Å². The molecule has 0 aliphatic carbocycles. The average Bonchev–Trinajstić information content (AvgIpc) is 3.15. The van der Waals surface area contributed by atoms with Crippen molar-refractivity contribution in [3.63, 3.8) is 0 Å². The third kappa shape index (κ3) is 6.37. The van der Waals surface area contributed by atoms with E-state index in [9.17, 15) is 27.6 Å². The largest absolute Gasteiger partial charge is 0.471 e. The molecule has 0 saturated carbocycles. The number of nitrogens with one attached hydrogen (secondary N) is 1. The van der Waals surface area contributed by atoms with Crippen molar-refractivity contribution >= 4 is 23.5 Å². The molecule has 0 spiro atoms. The highest BCUT2D eigenvalue weighted by Gasteiger charge is 2.41. The monoisotopic (exact) mass is 465 g/mol. The van der Waals surface area contributed by atoms with Crippen molar-refractivity contribution in [2.45, 2.75) is 65.7 Å². The maximum Gasteiger partial charge on any atom is 0.471 e. The lowest BCUT2D eigenvalue weighted by Gasteiger charge is -2.20. The Kier molecular flexibility index (Phi) is 8.69. The molecular formula is C24H26F3NO5. The first-order valence-corrected chi connectivity index (χ1v) is 10.4. The van der Waals surface area contributed by atoms with E-state index in [1.54, 1.807) is 19.9 Å². The predicted molar refractivity (Wildman–Crippen MR) is 115 cm³/mol. The second kappa shape index (κ2) is 11.0. The lowest BCUT2D eigenvalue weighted by molar-refractivity contribution is -0.167. The zero-order chi connectivity index (χ0) is 24.8. The van der Waals surface area contributed by atoms with Crippen LogP contribution in [-0.2, 0) is 38.5 Å². The molecule has 0 saturated heterocycles. The van der Waals surface area contributed by atoms with Crippen molar-refractivity contribution in [2.75, 3.05) is 12.4 Å². The summed E-state index contributed by atoms with van der Waals surface area (Å²) in [5.41, 5.74) is 2.69. The van der Waals surface area contributed by atoms with Gasteiger partial charge in [0.15, 0.2) is 0 Å². The van der Waals surface area contributed by atoms with Crippen molar-refractivity contribution in [3.05, 3.63) is 39.5 Å². The Hall–Kier alpha value is -3.28. The first kappa shape index (κ1) is 26.0. The summed E-state index contributed by atoms with van der Waals surface area (Å²) in [6.45, 7) is 5.33. The molecule has 2 rings (SSSR count). The van der Waals surface area contributed by atoms with Crippen molar-refractivity contribution in [3.8, 4) is 11.8 Å². The number of fused-ring (bicyclic) bond motifs is 1. The normalized spacial score (nSPS) is 13.1. The molecule has 1 aliphatic rings. The van der Waals surface area contributed by atoms with Crippen molar-refractivity contribution in [2.24, 2.45) is 0 Å². The van der Waals surface area contributed by atoms with Gasteiger partial charge in [0.25, 0.3) is 0 Å². The molecule has 0 atom stereocenters. The minimum Gasteiger partial charge on any atom is -0.469 e. The summed E-state index contributed by atoms with van der Waals surface area (Å²) in [6.07, 6.45) is -1.86. The Balaban J connectivity index is 2.62. The number of hydrogen-bond donors (Lipinski definition) is 1. The third-order valence-electron chi connectivity index (χ3n) is 5.34. The minimum absolute atomic E-state index is 0.0621. The zero-order valence-electron chi connectivity index (χ0n) is 19.0. The van der Waals surface area contributed by atoms with Gasteiger partial charge >= 0.3 is 24.0 Å². The van der Waals surface area contributed by atoms with Gasteiger partial charge in [-0.2, -0.15) is 13.2 Å². The van der Waals surface area contributed by atoms with Gasteiger partial charge in [0.05, 0.1) is 18.4 Å². The Labute approximate surface area is 190 Å². The van der Waals surface area contributed by atoms with E-state index in [-0.39, 0.29) is 43.1 Å². The standard InChI is InChI=1S/C24H26F3NO5/c1-5-6-7-8-16-15(3)18-13-33-22(30)20(18)21(28-23(31)24(25,26)27)17(16)11-9-14(2)10-12-19(29)32-4/h9H,5,8,10-13H2,1-4H3,(H,28,31)/b14-9+. The van der Waals surface area contributed by atoms with Crippen LogP contribution in [0.3, 0.4) is 0 Å². The van der Waals surface area contributed by atoms with Gasteiger partial charge in [-0.3, -0.25) is 9.59 Å². The second-order valence-corrected chi connectivity index (χ2v) is 7.55. The molecule has 1 heterocycles. The number of anilines is 1. The summed E-state index contributed by atoms with van der Waals surface area (Å²) < 4.78 is 48.9. The van der Waals surface area contributed by atoms with E-state index in [2.05, 4.69) is 16.6 Å². The van der Waals surface area contributed by atoms with E-state index in [1.165, 1.54) is 7.11 Å². The molecule has 6 nitrogen and oxygen atoms in total. The van der Waals surface area contributed by atoms with Crippen LogP contribution in [0.25, 0.3) is 0 Å². The first-order valence-electron chi connectivity index (χ1n) is 10.4. The number of allylic oxidation sites excluding steroid dienone is 2. The summed E-state index contributed by atoms with van der Waals surface area (Å²) in [5.74, 6) is 2.58. The first-order chi connectivity index (χ1) is 15.5. The summed E-state index contributed by atoms with van der Waals surface area (Å²) in [7, 11) is 1.28. The number of methoxy groups -OCH3 is 1. The molecule has 0 aromatic heterocycles. The molecule has 0 bridgehead atoms. The molecule has 1 aliphatic heterocycles. The average molecular weight is 465 g/mol. The SMILES string of the molecule is CCC#CCc1c(C)c2c(c(NC(=O)C(F)(F)F)c1C/C=C(\C)CCC(=O)OC)C(=O)OC2. The van der Waals surface area contributed by atoms with E-state index in [0.29, 0.717) is 35.1 Å². The van der Waals surface area contributed by atoms with Crippen LogP contribution < -0.4 is 5.32 Å². The van der Waals surface area contributed by atoms with Gasteiger partial charge in [0, 0.05) is 24.8 Å². The lowest BCUT2D eigenvalue weighted by atomic mass is 9.87. The quantitative estimate of drug-likeness (QED) is 0.363. The van der Waals surface area contributed by atoms with Gasteiger partial charge in [0.2, 0.25) is 0 Å². The fourth-order valence-corrected chi connectivity index (χ4v) is 3.51. The van der Waals surface area contributed by atoms with Gasteiger partial charge in [-0.1, -0.05) is 24.5 Å². The number of carbonyl (C=O) groups is 3. The van der Waals surface area contributed by atoms with E-state index in [0.717, 1.165) is 5.57 Å². The Bertz CT molecular complexity index is 1050. The number of hydrogen-bond acceptors (Lipinski definition) is 5. The number of alkyl halides is 3. The summed E-state index contributed by atoms with van der Waals surface area (Å²) in [4.78, 5) is 35.6. The van der Waals surface area contributed by atoms with Crippen LogP contribution in [0.4, 0.5) is 18.9 Å². The summed E-state index contributed by atoms with van der Waals surface area (Å²) >= 11 is 0. The Morgan fingerprint density at radius 2 is 1.91 bits per heavy atom. The van der Waals surface area contributed by atoms with Crippen molar-refractivity contribution < 1.29 is 37.0 Å². The number of carbonyl (C=O) groups excluding carboxylic acids is 3. The molecule has 1 aromatic carbocycles. The molecule has 0 unspecified atom stereocenters. The number of benzene rings is 1. The van der Waals surface area contributed by atoms with Crippen LogP contribution in [0.5, 0.6) is 0 Å². The number of ether oxygens (including phenoxy) is 2. The molecule has 0 fully saturated rings. The minimum atomic E-state index is -5.13. The van der Waals surface area contributed by atoms with Crippen LogP contribution in [0.2, 0.25) is 0 Å². The highest BCUT2D eigenvalue weighted by molar-refractivity contribution is 6.06. The molecule has 1 amide bonds. The second-order valence-electron chi connectivity index (χ2n) is 7.55. The summed E-state index contributed by atoms with van der Waals surface area (Å²) in [5, 5.41) is 1.91. The molecule has 178 valence electrons. The molecule has 0 radical (unpaired) electrons. The van der Waals surface area contributed by atoms with Crippen LogP contribution in [0, 0.1) is 18.8 Å². The molecular weight excluding hydrogens is 439 g/mol. The fourth-order valence-electron chi connectivity index (χ4n) is 3.51. The lowest BCUT2D eigenvalue weighted by Crippen LogP contribution is -2.31. The Morgan fingerprint density at radius 3 is 2.52 bits per heavy atom. The molecule has 9 heteroatoms. The highest BCUT2D eigenvalue weighted by atomic mass is 19.4. The maximum absolute atomic E-state index is 13.1. The third-order valence-corrected chi connectivity index (χ3v) is 5.34. The molecule has 1 aromatic rings. The van der Waals surface area contributed by atoms with Crippen LogP contribution >= 0.6 is 0 Å². The highest BCUT2D eigenvalue weighted by Crippen LogP contribution is 2.38. The number of amides is 1. The maximum atomic E-state index is 13.1. The van der Waals surface area contributed by atoms with Gasteiger partial charge in [0.1, 0.15) is 6.61 Å².